The van der Waals surface area contributed by atoms with Gasteiger partial charge in [0.1, 0.15) is 11.6 Å². The molecule has 0 bridgehead atoms. The third kappa shape index (κ3) is 3.95. The molecule has 0 spiro atoms. The molecule has 0 aromatic heterocycles. The summed E-state index contributed by atoms with van der Waals surface area (Å²) in [7, 11) is 0. The predicted octanol–water partition coefficient (Wildman–Crippen LogP) is 3.53. The van der Waals surface area contributed by atoms with E-state index in [1.807, 2.05) is 31.2 Å². The molecular weight excluding hydrogens is 273 g/mol. The van der Waals surface area contributed by atoms with E-state index in [1.54, 1.807) is 0 Å². The number of rotatable bonds is 6. The zero-order valence-electron chi connectivity index (χ0n) is 11.6. The van der Waals surface area contributed by atoms with Gasteiger partial charge in [0, 0.05) is 17.8 Å². The number of hydrogen-bond acceptors (Lipinski definition) is 3. The van der Waals surface area contributed by atoms with E-state index in [0.717, 1.165) is 11.4 Å². The first-order valence-corrected chi connectivity index (χ1v) is 6.58. The molecular formula is C16H16FNO3. The van der Waals surface area contributed by atoms with Gasteiger partial charge in [0.15, 0.2) is 0 Å². The molecule has 21 heavy (non-hydrogen) atoms. The Kier molecular flexibility index (Phi) is 4.77. The van der Waals surface area contributed by atoms with Gasteiger partial charge >= 0.3 is 5.97 Å². The van der Waals surface area contributed by atoms with Gasteiger partial charge in [0.25, 0.3) is 0 Å². The van der Waals surface area contributed by atoms with Gasteiger partial charge in [-0.25, -0.2) is 9.18 Å². The minimum absolute atomic E-state index is 0.0693. The fourth-order valence-electron chi connectivity index (χ4n) is 1.88. The van der Waals surface area contributed by atoms with Crippen LogP contribution in [0.2, 0.25) is 0 Å². The summed E-state index contributed by atoms with van der Waals surface area (Å²) in [6.07, 6.45) is 0. The Morgan fingerprint density at radius 1 is 1.24 bits per heavy atom. The Morgan fingerprint density at radius 2 is 1.95 bits per heavy atom. The highest BCUT2D eigenvalue weighted by atomic mass is 19.1. The average molecular weight is 289 g/mol. The maximum atomic E-state index is 13.6. The van der Waals surface area contributed by atoms with Crippen LogP contribution >= 0.6 is 0 Å². The third-order valence-electron chi connectivity index (χ3n) is 2.94. The van der Waals surface area contributed by atoms with E-state index in [4.69, 9.17) is 9.84 Å². The van der Waals surface area contributed by atoms with Crippen LogP contribution in [0.3, 0.4) is 0 Å². The van der Waals surface area contributed by atoms with Crippen LogP contribution in [0.4, 0.5) is 10.1 Å². The van der Waals surface area contributed by atoms with Crippen LogP contribution in [0.15, 0.2) is 42.5 Å². The highest BCUT2D eigenvalue weighted by Crippen LogP contribution is 2.17. The molecule has 4 nitrogen and oxygen atoms in total. The largest absolute Gasteiger partial charge is 0.494 e. The summed E-state index contributed by atoms with van der Waals surface area (Å²) in [5, 5.41) is 12.0. The molecule has 0 amide bonds. The van der Waals surface area contributed by atoms with E-state index >= 15 is 0 Å². The lowest BCUT2D eigenvalue weighted by molar-refractivity contribution is 0.0696. The van der Waals surface area contributed by atoms with E-state index in [1.165, 1.54) is 18.2 Å². The van der Waals surface area contributed by atoms with Gasteiger partial charge in [-0.1, -0.05) is 0 Å². The van der Waals surface area contributed by atoms with Gasteiger partial charge in [-0.15, -0.1) is 0 Å². The van der Waals surface area contributed by atoms with Crippen LogP contribution in [0.1, 0.15) is 22.8 Å². The lowest BCUT2D eigenvalue weighted by Crippen LogP contribution is -2.05. The maximum absolute atomic E-state index is 13.6. The molecule has 0 radical (unpaired) electrons. The molecule has 0 fully saturated rings. The molecule has 2 aromatic carbocycles. The molecule has 0 atom stereocenters. The molecule has 0 unspecified atom stereocenters. The summed E-state index contributed by atoms with van der Waals surface area (Å²) in [5.74, 6) is -0.738. The Labute approximate surface area is 122 Å². The molecule has 110 valence electrons. The van der Waals surface area contributed by atoms with Crippen LogP contribution in [0, 0.1) is 5.82 Å². The van der Waals surface area contributed by atoms with Crippen LogP contribution in [-0.2, 0) is 6.54 Å². The lowest BCUT2D eigenvalue weighted by Gasteiger charge is -2.09. The summed E-state index contributed by atoms with van der Waals surface area (Å²) in [4.78, 5) is 10.9. The molecule has 0 aliphatic heterocycles. The van der Waals surface area contributed by atoms with Crippen LogP contribution in [-0.4, -0.2) is 17.7 Å². The third-order valence-corrected chi connectivity index (χ3v) is 2.94. The van der Waals surface area contributed by atoms with Crippen molar-refractivity contribution in [3.05, 3.63) is 59.4 Å². The molecule has 0 aliphatic rings. The fourth-order valence-corrected chi connectivity index (χ4v) is 1.88. The monoisotopic (exact) mass is 289 g/mol. The Hall–Kier alpha value is -2.56. The molecule has 0 saturated carbocycles. The number of hydrogen-bond donors (Lipinski definition) is 2. The van der Waals surface area contributed by atoms with Crippen molar-refractivity contribution < 1.29 is 19.0 Å². The smallest absolute Gasteiger partial charge is 0.335 e. The summed E-state index contributed by atoms with van der Waals surface area (Å²) in [5.41, 5.74) is 1.18. The number of carbonyl (C=O) groups is 1. The summed E-state index contributed by atoms with van der Waals surface area (Å²) in [6, 6.07) is 11.0. The lowest BCUT2D eigenvalue weighted by atomic mass is 10.1. The molecule has 0 heterocycles. The standard InChI is InChI=1S/C16H16FNO3/c1-2-21-14-6-4-13(5-7-14)18-10-12-9-11(16(19)20)3-8-15(12)17/h3-9,18H,2,10H2,1H3,(H,19,20). The van der Waals surface area contributed by atoms with Crippen molar-refractivity contribution in [2.45, 2.75) is 13.5 Å². The molecule has 2 aromatic rings. The first-order valence-electron chi connectivity index (χ1n) is 6.58. The Balaban J connectivity index is 2.05. The zero-order chi connectivity index (χ0) is 15.2. The number of ether oxygens (including phenoxy) is 1. The zero-order valence-corrected chi connectivity index (χ0v) is 11.6. The first-order chi connectivity index (χ1) is 10.1. The van der Waals surface area contributed by atoms with Gasteiger partial charge in [-0.05, 0) is 49.4 Å². The first kappa shape index (κ1) is 14.8. The average Bonchev–Trinajstić information content (AvgIpc) is 2.48. The van der Waals surface area contributed by atoms with E-state index in [9.17, 15) is 9.18 Å². The van der Waals surface area contributed by atoms with Gasteiger partial charge < -0.3 is 15.2 Å². The van der Waals surface area contributed by atoms with Crippen molar-refractivity contribution in [1.82, 2.24) is 0 Å². The minimum atomic E-state index is -1.07. The molecule has 5 heteroatoms. The SMILES string of the molecule is CCOc1ccc(NCc2cc(C(=O)O)ccc2F)cc1. The second kappa shape index (κ2) is 6.74. The number of nitrogens with one attached hydrogen (secondary N) is 1. The Bertz CT molecular complexity index is 626. The van der Waals surface area contributed by atoms with Crippen molar-refractivity contribution in [3.63, 3.8) is 0 Å². The summed E-state index contributed by atoms with van der Waals surface area (Å²) < 4.78 is 19.0. The highest BCUT2D eigenvalue weighted by Gasteiger charge is 2.08. The van der Waals surface area contributed by atoms with E-state index in [0.29, 0.717) is 12.2 Å². The normalized spacial score (nSPS) is 10.2. The van der Waals surface area contributed by atoms with Crippen molar-refractivity contribution >= 4 is 11.7 Å². The Morgan fingerprint density at radius 3 is 2.57 bits per heavy atom. The van der Waals surface area contributed by atoms with Gasteiger partial charge in [-0.3, -0.25) is 0 Å². The summed E-state index contributed by atoms with van der Waals surface area (Å²) >= 11 is 0. The van der Waals surface area contributed by atoms with Crippen LogP contribution in [0.25, 0.3) is 0 Å². The molecule has 0 saturated heterocycles. The van der Waals surface area contributed by atoms with Gasteiger partial charge in [-0.2, -0.15) is 0 Å². The van der Waals surface area contributed by atoms with Crippen molar-refractivity contribution in [1.29, 1.82) is 0 Å². The fraction of sp³-hybridized carbons (Fsp3) is 0.188. The molecule has 2 N–H and O–H groups in total. The van der Waals surface area contributed by atoms with Gasteiger partial charge in [0.2, 0.25) is 0 Å². The van der Waals surface area contributed by atoms with Crippen molar-refractivity contribution in [2.75, 3.05) is 11.9 Å². The number of carboxylic acids is 1. The van der Waals surface area contributed by atoms with Crippen molar-refractivity contribution in [2.24, 2.45) is 0 Å². The number of anilines is 1. The second-order valence-electron chi connectivity index (χ2n) is 4.42. The van der Waals surface area contributed by atoms with E-state index < -0.39 is 11.8 Å². The number of aromatic carboxylic acids is 1. The topological polar surface area (TPSA) is 58.6 Å². The summed E-state index contributed by atoms with van der Waals surface area (Å²) in [6.45, 7) is 2.71. The van der Waals surface area contributed by atoms with Crippen LogP contribution in [0.5, 0.6) is 5.75 Å². The second-order valence-corrected chi connectivity index (χ2v) is 4.42. The van der Waals surface area contributed by atoms with E-state index in [-0.39, 0.29) is 12.1 Å². The van der Waals surface area contributed by atoms with Crippen molar-refractivity contribution in [3.8, 4) is 5.75 Å². The number of benzene rings is 2. The molecule has 0 aliphatic carbocycles. The number of halogens is 1. The van der Waals surface area contributed by atoms with Gasteiger partial charge in [0.05, 0.1) is 12.2 Å². The minimum Gasteiger partial charge on any atom is -0.494 e. The highest BCUT2D eigenvalue weighted by molar-refractivity contribution is 5.87. The predicted molar refractivity (Wildman–Crippen MR) is 78.3 cm³/mol. The van der Waals surface area contributed by atoms with E-state index in [2.05, 4.69) is 5.32 Å². The number of carboxylic acid groups (broad SMARTS) is 1. The molecule has 2 rings (SSSR count). The quantitative estimate of drug-likeness (QED) is 0.854. The van der Waals surface area contributed by atoms with Crippen LogP contribution < -0.4 is 10.1 Å². The maximum Gasteiger partial charge on any atom is 0.335 e.